The first kappa shape index (κ1) is 33.1. The third kappa shape index (κ3) is 7.69. The molecule has 2 aromatic rings. The molecular formula is C26H34ClF5N4O4S. The number of rotatable bonds is 10. The number of carbonyl (C=O) groups is 1. The fourth-order valence-electron chi connectivity index (χ4n) is 4.86. The molecule has 0 atom stereocenters. The predicted octanol–water partition coefficient (Wildman–Crippen LogP) is 5.37. The van der Waals surface area contributed by atoms with Gasteiger partial charge in [0.1, 0.15) is 15.6 Å². The van der Waals surface area contributed by atoms with Crippen LogP contribution in [-0.2, 0) is 22.8 Å². The molecule has 0 saturated heterocycles. The lowest BCUT2D eigenvalue weighted by Gasteiger charge is -2.36. The van der Waals surface area contributed by atoms with E-state index in [1.807, 2.05) is 0 Å². The van der Waals surface area contributed by atoms with Crippen molar-refractivity contribution in [1.82, 2.24) is 15.1 Å². The topological polar surface area (TPSA) is 116 Å². The van der Waals surface area contributed by atoms with E-state index in [0.717, 1.165) is 19.9 Å². The number of ether oxygens (including phenoxy) is 1. The Morgan fingerprint density at radius 3 is 2.39 bits per heavy atom. The lowest BCUT2D eigenvalue weighted by Crippen LogP contribution is -2.53. The second kappa shape index (κ2) is 12.0. The molecular weight excluding hydrogens is 595 g/mol. The maximum atomic E-state index is 13.4. The Bertz CT molecular complexity index is 1370. The molecule has 15 heteroatoms. The fraction of sp³-hybridized carbons (Fsp3) is 0.615. The van der Waals surface area contributed by atoms with Crippen molar-refractivity contribution in [3.63, 3.8) is 0 Å². The van der Waals surface area contributed by atoms with Gasteiger partial charge in [0.05, 0.1) is 21.4 Å². The molecule has 3 rings (SSSR count). The number of hydrogen-bond acceptors (Lipinski definition) is 6. The summed E-state index contributed by atoms with van der Waals surface area (Å²) in [5.74, 6) is -1.10. The van der Waals surface area contributed by atoms with Crippen LogP contribution in [0, 0.1) is 5.41 Å². The Hall–Kier alpha value is -2.45. The van der Waals surface area contributed by atoms with Crippen molar-refractivity contribution in [2.45, 2.75) is 83.0 Å². The maximum absolute atomic E-state index is 13.4. The van der Waals surface area contributed by atoms with Crippen LogP contribution in [0.15, 0.2) is 18.2 Å². The van der Waals surface area contributed by atoms with Crippen molar-refractivity contribution in [3.05, 3.63) is 34.5 Å². The highest BCUT2D eigenvalue weighted by Crippen LogP contribution is 2.43. The van der Waals surface area contributed by atoms with Gasteiger partial charge in [0.25, 0.3) is 5.91 Å². The third-order valence-corrected chi connectivity index (χ3v) is 9.52. The second-order valence-corrected chi connectivity index (χ2v) is 13.9. The average molecular weight is 629 g/mol. The highest BCUT2D eigenvalue weighted by molar-refractivity contribution is 7.91. The van der Waals surface area contributed by atoms with E-state index in [9.17, 15) is 35.2 Å². The number of hydrogen-bond donors (Lipinski definition) is 2. The lowest BCUT2D eigenvalue weighted by atomic mass is 9.82. The van der Waals surface area contributed by atoms with Crippen LogP contribution in [-0.4, -0.2) is 60.5 Å². The van der Waals surface area contributed by atoms with E-state index in [2.05, 4.69) is 15.2 Å². The first-order chi connectivity index (χ1) is 18.8. The molecule has 1 amide bonds. The van der Waals surface area contributed by atoms with Gasteiger partial charge >= 0.3 is 12.8 Å². The number of benzene rings is 1. The van der Waals surface area contributed by atoms with Crippen molar-refractivity contribution in [2.24, 2.45) is 11.1 Å². The van der Waals surface area contributed by atoms with Crippen molar-refractivity contribution < 1.29 is 39.9 Å². The monoisotopic (exact) mass is 628 g/mol. The molecule has 1 aliphatic rings. The molecule has 230 valence electrons. The van der Waals surface area contributed by atoms with E-state index in [4.69, 9.17) is 17.3 Å². The molecule has 41 heavy (non-hydrogen) atoms. The average Bonchev–Trinajstić information content (AvgIpc) is 3.17. The Labute approximate surface area is 240 Å². The van der Waals surface area contributed by atoms with Crippen LogP contribution in [0.3, 0.4) is 0 Å². The summed E-state index contributed by atoms with van der Waals surface area (Å²) < 4.78 is 96.6. The molecule has 1 heterocycles. The van der Waals surface area contributed by atoms with Crippen LogP contribution in [0.1, 0.15) is 62.5 Å². The molecule has 1 aliphatic carbocycles. The molecule has 1 aromatic carbocycles. The van der Waals surface area contributed by atoms with Gasteiger partial charge in [-0.25, -0.2) is 8.42 Å². The Morgan fingerprint density at radius 1 is 1.27 bits per heavy atom. The van der Waals surface area contributed by atoms with Crippen molar-refractivity contribution >= 4 is 27.3 Å². The number of halogens is 6. The normalized spacial score (nSPS) is 20.3. The van der Waals surface area contributed by atoms with Gasteiger partial charge in [-0.3, -0.25) is 9.48 Å². The smallest absolute Gasteiger partial charge is 0.394 e. The van der Waals surface area contributed by atoms with Crippen LogP contribution in [0.5, 0.6) is 5.75 Å². The third-order valence-electron chi connectivity index (χ3n) is 7.47. The number of aryl methyl sites for hydroxylation is 1. The highest BCUT2D eigenvalue weighted by Gasteiger charge is 2.47. The molecule has 0 aliphatic heterocycles. The van der Waals surface area contributed by atoms with Gasteiger partial charge < -0.3 is 15.8 Å². The SMILES string of the molecule is CCn1nc(C(=O)NCC2(N)CCC(S(C)(=O)=O)CC2)c(Cl)c1-c1ccc(CC(C)(C)C(F)(F)F)cc1OC(F)F. The molecule has 1 fully saturated rings. The highest BCUT2D eigenvalue weighted by atomic mass is 35.5. The zero-order chi connectivity index (χ0) is 31.0. The van der Waals surface area contributed by atoms with E-state index >= 15 is 0 Å². The molecule has 0 radical (unpaired) electrons. The number of nitrogens with zero attached hydrogens (tertiary/aromatic N) is 2. The molecule has 0 unspecified atom stereocenters. The van der Waals surface area contributed by atoms with E-state index in [0.29, 0.717) is 25.7 Å². The van der Waals surface area contributed by atoms with Gasteiger partial charge in [0.15, 0.2) is 5.69 Å². The standard InChI is InChI=1S/C26H34ClF5N4O4S/c1-5-36-21(17-7-6-15(12-18(17)40-23(28)29)13-24(2,3)26(30,31)32)19(27)20(35-36)22(37)34-14-25(33)10-8-16(9-11-25)41(4,38)39/h6-7,12,16,23H,5,8-11,13-14,33H2,1-4H3,(H,34,37). The molecule has 0 spiro atoms. The van der Waals surface area contributed by atoms with Gasteiger partial charge in [0.2, 0.25) is 0 Å². The van der Waals surface area contributed by atoms with Crippen LogP contribution in [0.25, 0.3) is 11.3 Å². The minimum Gasteiger partial charge on any atom is -0.434 e. The summed E-state index contributed by atoms with van der Waals surface area (Å²) in [5.41, 5.74) is 3.44. The summed E-state index contributed by atoms with van der Waals surface area (Å²) >= 11 is 6.54. The summed E-state index contributed by atoms with van der Waals surface area (Å²) in [6, 6.07) is 3.77. The number of amides is 1. The Kier molecular flexibility index (Phi) is 9.71. The Balaban J connectivity index is 1.89. The van der Waals surface area contributed by atoms with E-state index in [1.165, 1.54) is 23.1 Å². The summed E-state index contributed by atoms with van der Waals surface area (Å²) in [6.45, 7) is 0.606. The largest absolute Gasteiger partial charge is 0.434 e. The lowest BCUT2D eigenvalue weighted by molar-refractivity contribution is -0.211. The molecule has 1 saturated carbocycles. The van der Waals surface area contributed by atoms with E-state index < -0.39 is 56.9 Å². The fourth-order valence-corrected chi connectivity index (χ4v) is 6.27. The Morgan fingerprint density at radius 2 is 1.88 bits per heavy atom. The van der Waals surface area contributed by atoms with Gasteiger partial charge in [-0.1, -0.05) is 31.5 Å². The molecule has 8 nitrogen and oxygen atoms in total. The quantitative estimate of drug-likeness (QED) is 0.342. The zero-order valence-electron chi connectivity index (χ0n) is 23.1. The van der Waals surface area contributed by atoms with Crippen molar-refractivity contribution in [1.29, 1.82) is 0 Å². The van der Waals surface area contributed by atoms with E-state index in [1.54, 1.807) is 6.92 Å². The number of sulfone groups is 1. The summed E-state index contributed by atoms with van der Waals surface area (Å²) in [7, 11) is -3.20. The molecule has 0 bridgehead atoms. The summed E-state index contributed by atoms with van der Waals surface area (Å²) in [5, 5.41) is 6.26. The first-order valence-electron chi connectivity index (χ1n) is 12.9. The zero-order valence-corrected chi connectivity index (χ0v) is 24.7. The summed E-state index contributed by atoms with van der Waals surface area (Å²) in [4.78, 5) is 13.1. The predicted molar refractivity (Wildman–Crippen MR) is 145 cm³/mol. The number of alkyl halides is 5. The van der Waals surface area contributed by atoms with Crippen LogP contribution in [0.2, 0.25) is 5.02 Å². The number of nitrogens with one attached hydrogen (secondary N) is 1. The van der Waals surface area contributed by atoms with Crippen LogP contribution >= 0.6 is 11.6 Å². The van der Waals surface area contributed by atoms with Gasteiger partial charge in [-0.2, -0.15) is 27.1 Å². The van der Waals surface area contributed by atoms with E-state index in [-0.39, 0.29) is 40.6 Å². The van der Waals surface area contributed by atoms with Gasteiger partial charge in [0, 0.05) is 30.4 Å². The van der Waals surface area contributed by atoms with Gasteiger partial charge in [-0.15, -0.1) is 0 Å². The molecule has 1 aromatic heterocycles. The number of carbonyl (C=O) groups excluding carboxylic acids is 1. The van der Waals surface area contributed by atoms with Crippen LogP contribution in [0.4, 0.5) is 22.0 Å². The van der Waals surface area contributed by atoms with Gasteiger partial charge in [-0.05, 0) is 56.7 Å². The second-order valence-electron chi connectivity index (χ2n) is 11.2. The number of aromatic nitrogens is 2. The van der Waals surface area contributed by atoms with Crippen LogP contribution < -0.4 is 15.8 Å². The minimum absolute atomic E-state index is 0.0201. The first-order valence-corrected chi connectivity index (χ1v) is 15.3. The summed E-state index contributed by atoms with van der Waals surface area (Å²) in [6.07, 6.45) is -2.36. The maximum Gasteiger partial charge on any atom is 0.394 e. The molecule has 3 N–H and O–H groups in total. The van der Waals surface area contributed by atoms with Crippen molar-refractivity contribution in [3.8, 4) is 17.0 Å². The number of nitrogens with two attached hydrogens (primary N) is 1. The minimum atomic E-state index is -4.53. The van der Waals surface area contributed by atoms with Crippen molar-refractivity contribution in [2.75, 3.05) is 12.8 Å².